The lowest BCUT2D eigenvalue weighted by molar-refractivity contribution is -0.148. The van der Waals surface area contributed by atoms with Crippen LogP contribution in [0.1, 0.15) is 48.7 Å². The number of hydrogen-bond acceptors (Lipinski definition) is 6. The van der Waals surface area contributed by atoms with Gasteiger partial charge in [-0.05, 0) is 68.7 Å². The molecule has 3 aromatic rings. The molecule has 1 aliphatic heterocycles. The predicted octanol–water partition coefficient (Wildman–Crippen LogP) is 5.41. The monoisotopic (exact) mass is 569 g/mol. The van der Waals surface area contributed by atoms with E-state index in [0.29, 0.717) is 47.9 Å². The SMILES string of the molecule is CCOC(=O)[C@H]1CCCN(c2ccc(NC(=O)c3cccc(Cl)c3)cc2S(=O)(=O)N[C@@H](C)c2ccccc2)C1. The molecule has 0 bridgehead atoms. The molecule has 206 valence electrons. The van der Waals surface area contributed by atoms with Crippen LogP contribution in [0.4, 0.5) is 11.4 Å². The Morgan fingerprint density at radius 2 is 1.85 bits per heavy atom. The smallest absolute Gasteiger partial charge is 0.310 e. The Morgan fingerprint density at radius 1 is 1.08 bits per heavy atom. The molecule has 0 unspecified atom stereocenters. The van der Waals surface area contributed by atoms with Crippen LogP contribution >= 0.6 is 11.6 Å². The first-order valence-corrected chi connectivity index (χ1v) is 14.7. The second-order valence-electron chi connectivity index (χ2n) is 9.44. The quantitative estimate of drug-likeness (QED) is 0.334. The third-order valence-corrected chi connectivity index (χ3v) is 8.41. The number of nitrogens with zero attached hydrogens (tertiary/aromatic N) is 1. The van der Waals surface area contributed by atoms with Crippen LogP contribution in [0.2, 0.25) is 5.02 Å². The molecular formula is C29H32ClN3O5S. The molecule has 1 heterocycles. The van der Waals surface area contributed by atoms with Crippen molar-refractivity contribution in [2.75, 3.05) is 29.9 Å². The zero-order valence-corrected chi connectivity index (χ0v) is 23.5. The number of piperidine rings is 1. The van der Waals surface area contributed by atoms with E-state index in [4.69, 9.17) is 16.3 Å². The van der Waals surface area contributed by atoms with Gasteiger partial charge in [-0.15, -0.1) is 0 Å². The molecule has 2 atom stereocenters. The lowest BCUT2D eigenvalue weighted by Gasteiger charge is -2.34. The molecule has 4 rings (SSSR count). The van der Waals surface area contributed by atoms with Gasteiger partial charge in [0.25, 0.3) is 5.91 Å². The van der Waals surface area contributed by atoms with Crippen LogP contribution in [-0.4, -0.2) is 40.0 Å². The standard InChI is InChI=1S/C29H32ClN3O5S/c1-3-38-29(35)23-12-8-16-33(19-23)26-15-14-25(31-28(34)22-11-7-13-24(30)17-22)18-27(26)39(36,37)32-20(2)21-9-5-4-6-10-21/h4-7,9-11,13-15,17-18,20,23,32H,3,8,12,16,19H2,1-2H3,(H,31,34)/t20-,23-/m0/s1. The number of carbonyl (C=O) groups is 2. The number of nitrogens with one attached hydrogen (secondary N) is 2. The fourth-order valence-electron chi connectivity index (χ4n) is 4.66. The number of sulfonamides is 1. The Labute approximate surface area is 234 Å². The summed E-state index contributed by atoms with van der Waals surface area (Å²) in [6.45, 7) is 4.75. The molecule has 1 aliphatic rings. The summed E-state index contributed by atoms with van der Waals surface area (Å²) in [7, 11) is -4.05. The summed E-state index contributed by atoms with van der Waals surface area (Å²) in [5.41, 5.74) is 1.93. The van der Waals surface area contributed by atoms with E-state index in [2.05, 4.69) is 10.0 Å². The van der Waals surface area contributed by atoms with Gasteiger partial charge >= 0.3 is 5.97 Å². The lowest BCUT2D eigenvalue weighted by Crippen LogP contribution is -2.40. The molecule has 0 radical (unpaired) electrons. The molecule has 39 heavy (non-hydrogen) atoms. The summed E-state index contributed by atoms with van der Waals surface area (Å²) in [5.74, 6) is -1.06. The first-order valence-electron chi connectivity index (χ1n) is 12.9. The number of hydrogen-bond donors (Lipinski definition) is 2. The first kappa shape index (κ1) is 28.6. The highest BCUT2D eigenvalue weighted by Crippen LogP contribution is 2.33. The largest absolute Gasteiger partial charge is 0.466 e. The van der Waals surface area contributed by atoms with Crippen LogP contribution in [0.3, 0.4) is 0 Å². The van der Waals surface area contributed by atoms with E-state index in [0.717, 1.165) is 5.56 Å². The molecule has 1 amide bonds. The van der Waals surface area contributed by atoms with E-state index < -0.39 is 22.0 Å². The van der Waals surface area contributed by atoms with E-state index in [-0.39, 0.29) is 23.4 Å². The minimum Gasteiger partial charge on any atom is -0.466 e. The van der Waals surface area contributed by atoms with Gasteiger partial charge in [-0.25, -0.2) is 13.1 Å². The highest BCUT2D eigenvalue weighted by atomic mass is 35.5. The minimum atomic E-state index is -4.05. The summed E-state index contributed by atoms with van der Waals surface area (Å²) in [4.78, 5) is 27.2. The topological polar surface area (TPSA) is 105 Å². The van der Waals surface area contributed by atoms with Crippen molar-refractivity contribution in [1.82, 2.24) is 4.72 Å². The number of ether oxygens (including phenoxy) is 1. The van der Waals surface area contributed by atoms with Crippen molar-refractivity contribution < 1.29 is 22.7 Å². The minimum absolute atomic E-state index is 0.0127. The molecule has 3 aromatic carbocycles. The number of benzene rings is 3. The summed E-state index contributed by atoms with van der Waals surface area (Å²) in [5, 5.41) is 3.19. The summed E-state index contributed by atoms with van der Waals surface area (Å²) in [6.07, 6.45) is 1.39. The van der Waals surface area contributed by atoms with E-state index in [9.17, 15) is 18.0 Å². The Bertz CT molecular complexity index is 1430. The van der Waals surface area contributed by atoms with Crippen molar-refractivity contribution >= 4 is 44.9 Å². The summed E-state index contributed by atoms with van der Waals surface area (Å²) >= 11 is 6.03. The Balaban J connectivity index is 1.68. The van der Waals surface area contributed by atoms with Crippen LogP contribution in [0, 0.1) is 5.92 Å². The molecule has 0 saturated carbocycles. The number of carbonyl (C=O) groups excluding carboxylic acids is 2. The number of esters is 1. The van der Waals surface area contributed by atoms with Crippen LogP contribution in [0.25, 0.3) is 0 Å². The van der Waals surface area contributed by atoms with Crippen molar-refractivity contribution in [2.24, 2.45) is 5.92 Å². The van der Waals surface area contributed by atoms with Gasteiger partial charge in [0.05, 0.1) is 18.2 Å². The summed E-state index contributed by atoms with van der Waals surface area (Å²) < 4.78 is 35.6. The third kappa shape index (κ3) is 7.17. The highest BCUT2D eigenvalue weighted by molar-refractivity contribution is 7.89. The fourth-order valence-corrected chi connectivity index (χ4v) is 6.33. The van der Waals surface area contributed by atoms with Crippen molar-refractivity contribution in [1.29, 1.82) is 0 Å². The molecule has 1 saturated heterocycles. The van der Waals surface area contributed by atoms with Gasteiger partial charge in [-0.3, -0.25) is 9.59 Å². The van der Waals surface area contributed by atoms with Crippen molar-refractivity contribution in [3.8, 4) is 0 Å². The maximum Gasteiger partial charge on any atom is 0.310 e. The normalized spacial score (nSPS) is 16.4. The van der Waals surface area contributed by atoms with Crippen LogP contribution in [0.5, 0.6) is 0 Å². The fraction of sp³-hybridized carbons (Fsp3) is 0.310. The van der Waals surface area contributed by atoms with Crippen molar-refractivity contribution in [3.05, 3.63) is 88.9 Å². The molecule has 0 spiro atoms. The van der Waals surface area contributed by atoms with Crippen molar-refractivity contribution in [3.63, 3.8) is 0 Å². The molecule has 2 N–H and O–H groups in total. The highest BCUT2D eigenvalue weighted by Gasteiger charge is 2.31. The van der Waals surface area contributed by atoms with Crippen LogP contribution in [-0.2, 0) is 19.6 Å². The molecule has 8 nitrogen and oxygen atoms in total. The Kier molecular flexibility index (Phi) is 9.27. The van der Waals surface area contributed by atoms with E-state index in [1.807, 2.05) is 35.2 Å². The maximum absolute atomic E-state index is 13.8. The van der Waals surface area contributed by atoms with Gasteiger partial charge in [0.15, 0.2) is 0 Å². The molecule has 0 aromatic heterocycles. The summed E-state index contributed by atoms with van der Waals surface area (Å²) in [6, 6.07) is 20.0. The third-order valence-electron chi connectivity index (χ3n) is 6.61. The van der Waals surface area contributed by atoms with Gasteiger partial charge in [0, 0.05) is 35.4 Å². The van der Waals surface area contributed by atoms with E-state index in [1.165, 1.54) is 12.1 Å². The van der Waals surface area contributed by atoms with Crippen LogP contribution < -0.4 is 14.9 Å². The maximum atomic E-state index is 13.8. The number of halogens is 1. The van der Waals surface area contributed by atoms with Crippen molar-refractivity contribution in [2.45, 2.75) is 37.6 Å². The number of amides is 1. The Hall–Kier alpha value is -3.40. The zero-order valence-electron chi connectivity index (χ0n) is 21.9. The molecule has 0 aliphatic carbocycles. The zero-order chi connectivity index (χ0) is 28.0. The molecular weight excluding hydrogens is 538 g/mol. The average Bonchev–Trinajstić information content (AvgIpc) is 2.93. The van der Waals surface area contributed by atoms with Gasteiger partial charge in [0.2, 0.25) is 10.0 Å². The number of rotatable bonds is 9. The van der Waals surface area contributed by atoms with E-state index >= 15 is 0 Å². The average molecular weight is 570 g/mol. The van der Waals surface area contributed by atoms with E-state index in [1.54, 1.807) is 44.2 Å². The van der Waals surface area contributed by atoms with Gasteiger partial charge < -0.3 is 15.0 Å². The second-order valence-corrected chi connectivity index (χ2v) is 11.6. The number of anilines is 2. The predicted molar refractivity (Wildman–Crippen MR) is 153 cm³/mol. The molecule has 1 fully saturated rings. The Morgan fingerprint density at radius 3 is 2.56 bits per heavy atom. The lowest BCUT2D eigenvalue weighted by atomic mass is 9.97. The first-order chi connectivity index (χ1) is 18.7. The molecule has 10 heteroatoms. The van der Waals surface area contributed by atoms with Crippen LogP contribution in [0.15, 0.2) is 77.7 Å². The van der Waals surface area contributed by atoms with Gasteiger partial charge in [-0.2, -0.15) is 0 Å². The van der Waals surface area contributed by atoms with Gasteiger partial charge in [0.1, 0.15) is 4.90 Å². The van der Waals surface area contributed by atoms with Gasteiger partial charge in [-0.1, -0.05) is 48.0 Å². The second kappa shape index (κ2) is 12.6.